The van der Waals surface area contributed by atoms with Crippen molar-refractivity contribution in [2.24, 2.45) is 5.41 Å². The van der Waals surface area contributed by atoms with E-state index in [-0.39, 0.29) is 54.8 Å². The normalized spacial score (nSPS) is 31.4. The summed E-state index contributed by atoms with van der Waals surface area (Å²) in [6.07, 6.45) is -1.62. The summed E-state index contributed by atoms with van der Waals surface area (Å²) >= 11 is 5.94. The minimum atomic E-state index is -4.98. The number of ether oxygens (including phenoxy) is 1. The fourth-order valence-electron chi connectivity index (χ4n) is 7.95. The smallest absolute Gasteiger partial charge is 0.418 e. The topological polar surface area (TPSA) is 92.4 Å². The molecule has 1 saturated carbocycles. The van der Waals surface area contributed by atoms with Crippen molar-refractivity contribution in [3.8, 4) is 17.3 Å². The maximum Gasteiger partial charge on any atom is 0.418 e. The van der Waals surface area contributed by atoms with E-state index in [1.54, 1.807) is 4.90 Å². The molecule has 8 rings (SSSR count). The molecule has 15 heteroatoms. The molecule has 2 aromatic heterocycles. The molecule has 5 fully saturated rings. The molecule has 0 radical (unpaired) electrons. The maximum absolute atomic E-state index is 16.5. The summed E-state index contributed by atoms with van der Waals surface area (Å²) < 4.78 is 112. The zero-order valence-corrected chi connectivity index (χ0v) is 24.6. The average Bonchev–Trinajstić information content (AvgIpc) is 3.32. The molecule has 0 amide bonds. The van der Waals surface area contributed by atoms with Gasteiger partial charge in [0.15, 0.2) is 5.82 Å². The second-order valence-electron chi connectivity index (χ2n) is 13.1. The molecule has 4 atom stereocenters. The number of nitrogens with one attached hydrogen (secondary N) is 1. The molecular formula is C30H30ClF6N7O. The number of benzene rings is 1. The van der Waals surface area contributed by atoms with Gasteiger partial charge in [-0.1, -0.05) is 11.6 Å². The van der Waals surface area contributed by atoms with Gasteiger partial charge in [-0.05, 0) is 50.8 Å². The highest BCUT2D eigenvalue weighted by atomic mass is 35.5. The van der Waals surface area contributed by atoms with Gasteiger partial charge in [0.25, 0.3) is 5.92 Å². The average molecular weight is 656 g/mol. The maximum atomic E-state index is 16.5. The lowest BCUT2D eigenvalue weighted by atomic mass is 9.89. The highest BCUT2D eigenvalue weighted by Crippen LogP contribution is 2.69. The second kappa shape index (κ2) is 9.71. The Morgan fingerprint density at radius 1 is 1.16 bits per heavy atom. The minimum Gasteiger partial charge on any atom is -0.461 e. The van der Waals surface area contributed by atoms with Crippen molar-refractivity contribution >= 4 is 34.0 Å². The first kappa shape index (κ1) is 27.1. The third-order valence-corrected chi connectivity index (χ3v) is 10.4. The molecule has 6 heterocycles. The number of fused-ring (bicyclic) bond motifs is 4. The molecule has 240 valence electrons. The summed E-state index contributed by atoms with van der Waals surface area (Å²) in [5.41, 5.74) is -0.236. The van der Waals surface area contributed by atoms with Crippen molar-refractivity contribution in [1.82, 2.24) is 25.2 Å². The Morgan fingerprint density at radius 2 is 1.89 bits per heavy atom. The molecular weight excluding hydrogens is 624 g/mol. The van der Waals surface area contributed by atoms with E-state index in [1.165, 1.54) is 6.20 Å². The van der Waals surface area contributed by atoms with E-state index in [1.807, 2.05) is 4.90 Å². The molecule has 3 aromatic rings. The van der Waals surface area contributed by atoms with Gasteiger partial charge in [-0.25, -0.2) is 13.2 Å². The molecule has 4 saturated heterocycles. The molecule has 3 N–H and O–H groups in total. The Hall–Kier alpha value is -3.10. The van der Waals surface area contributed by atoms with Gasteiger partial charge in [-0.3, -0.25) is 9.88 Å². The van der Waals surface area contributed by atoms with Crippen LogP contribution in [0.3, 0.4) is 0 Å². The van der Waals surface area contributed by atoms with Gasteiger partial charge in [0, 0.05) is 55.6 Å². The molecule has 1 aliphatic carbocycles. The first-order valence-electron chi connectivity index (χ1n) is 15.9. The fraction of sp³-hybridized carbons (Fsp3) is 0.567. The van der Waals surface area contributed by atoms with Gasteiger partial charge in [0.2, 0.25) is 0 Å². The third kappa shape index (κ3) is 4.61. The van der Waals surface area contributed by atoms with Crippen LogP contribution in [-0.4, -0.2) is 76.1 Å². The molecule has 45 heavy (non-hydrogen) atoms. The van der Waals surface area contributed by atoms with Gasteiger partial charge in [0.05, 0.1) is 29.7 Å². The van der Waals surface area contributed by atoms with Gasteiger partial charge in [0.1, 0.15) is 23.6 Å². The summed E-state index contributed by atoms with van der Waals surface area (Å²) in [6, 6.07) is 1.49. The lowest BCUT2D eigenvalue weighted by Crippen LogP contribution is -2.51. The van der Waals surface area contributed by atoms with Crippen LogP contribution >= 0.6 is 11.6 Å². The van der Waals surface area contributed by atoms with E-state index >= 15 is 4.39 Å². The van der Waals surface area contributed by atoms with Crippen molar-refractivity contribution in [1.29, 1.82) is 0 Å². The van der Waals surface area contributed by atoms with E-state index < -0.39 is 68.8 Å². The van der Waals surface area contributed by atoms with Crippen LogP contribution in [0.15, 0.2) is 18.3 Å². The predicted molar refractivity (Wildman–Crippen MR) is 155 cm³/mol. The quantitative estimate of drug-likeness (QED) is 0.269. The lowest BCUT2D eigenvalue weighted by Gasteiger charge is -2.34. The molecule has 2 bridgehead atoms. The standard InChI is InChI=1S/C30H30ClF6N7O/c31-20-7-15(38)6-18(21(20)30(35,36)37)23-22(32)24-19(8-39-23)25(43-9-16-2-3-17(10-43)40-16)42-26(41-24)45-14-28-4-1-5-44(28)13-27(11-28)12-29(27,33)34/h6-8,16-17,40H,1-5,9-14,38H2/t16-,17+,27-,28-/m0/s1/i14D2. The number of piperazine rings is 1. The van der Waals surface area contributed by atoms with E-state index in [0.29, 0.717) is 26.1 Å². The number of hydrogen-bond acceptors (Lipinski definition) is 8. The summed E-state index contributed by atoms with van der Waals surface area (Å²) in [6.45, 7) is -1.18. The number of anilines is 2. The van der Waals surface area contributed by atoms with E-state index in [4.69, 9.17) is 24.8 Å². The number of hydrogen-bond donors (Lipinski definition) is 2. The summed E-state index contributed by atoms with van der Waals surface area (Å²) in [7, 11) is 0. The van der Waals surface area contributed by atoms with Crippen molar-refractivity contribution in [2.45, 2.75) is 68.2 Å². The Labute approximate surface area is 262 Å². The van der Waals surface area contributed by atoms with Crippen LogP contribution in [0, 0.1) is 11.2 Å². The Morgan fingerprint density at radius 3 is 2.58 bits per heavy atom. The molecule has 1 spiro atoms. The van der Waals surface area contributed by atoms with Crippen LogP contribution < -0.4 is 20.7 Å². The summed E-state index contributed by atoms with van der Waals surface area (Å²) in [5, 5.41) is 2.83. The number of alkyl halides is 5. The van der Waals surface area contributed by atoms with E-state index in [0.717, 1.165) is 25.0 Å². The zero-order valence-electron chi connectivity index (χ0n) is 25.8. The molecule has 8 nitrogen and oxygen atoms in total. The SMILES string of the molecule is [2H]C([2H])(Oc1nc(N2C[C@H]3CC[C@@H](C2)N3)c2cnc(-c3cc(N)cc(Cl)c3C(F)(F)F)c(F)c2n1)[C@@]12CCCN1C[C@@]1(CC1(F)F)C2. The van der Waals surface area contributed by atoms with Gasteiger partial charge in [-0.15, -0.1) is 0 Å². The number of nitrogen functional groups attached to an aromatic ring is 1. The summed E-state index contributed by atoms with van der Waals surface area (Å²) in [4.78, 5) is 16.4. The van der Waals surface area contributed by atoms with Crippen molar-refractivity contribution in [3.63, 3.8) is 0 Å². The lowest BCUT2D eigenvalue weighted by molar-refractivity contribution is -0.137. The number of halogens is 7. The monoisotopic (exact) mass is 655 g/mol. The van der Waals surface area contributed by atoms with Crippen molar-refractivity contribution in [2.75, 3.05) is 43.4 Å². The number of nitrogens with zero attached hydrogens (tertiary/aromatic N) is 5. The first-order valence-corrected chi connectivity index (χ1v) is 15.3. The van der Waals surface area contributed by atoms with Crippen molar-refractivity contribution in [3.05, 3.63) is 34.7 Å². The molecule has 0 unspecified atom stereocenters. The van der Waals surface area contributed by atoms with Crippen LogP contribution in [-0.2, 0) is 6.18 Å². The highest BCUT2D eigenvalue weighted by molar-refractivity contribution is 6.32. The predicted octanol–water partition coefficient (Wildman–Crippen LogP) is 5.67. The Balaban J connectivity index is 1.26. The van der Waals surface area contributed by atoms with Crippen LogP contribution in [0.25, 0.3) is 22.2 Å². The Bertz CT molecular complexity index is 1800. The second-order valence-corrected chi connectivity index (χ2v) is 13.5. The molecule has 5 aliphatic rings. The highest BCUT2D eigenvalue weighted by Gasteiger charge is 2.77. The largest absolute Gasteiger partial charge is 0.461 e. The van der Waals surface area contributed by atoms with Gasteiger partial charge >= 0.3 is 12.2 Å². The van der Waals surface area contributed by atoms with Gasteiger partial charge < -0.3 is 20.7 Å². The van der Waals surface area contributed by atoms with E-state index in [9.17, 15) is 22.0 Å². The first-order chi connectivity index (χ1) is 22.0. The van der Waals surface area contributed by atoms with Crippen LogP contribution in [0.2, 0.25) is 5.02 Å². The van der Waals surface area contributed by atoms with Crippen LogP contribution in [0.4, 0.5) is 37.8 Å². The molecule has 4 aliphatic heterocycles. The molecule has 1 aromatic carbocycles. The number of nitrogens with two attached hydrogens (primary N) is 1. The number of rotatable bonds is 5. The third-order valence-electron chi connectivity index (χ3n) is 10.1. The summed E-state index contributed by atoms with van der Waals surface area (Å²) in [5.74, 6) is -3.96. The van der Waals surface area contributed by atoms with Crippen molar-refractivity contribution < 1.29 is 33.8 Å². The van der Waals surface area contributed by atoms with Gasteiger partial charge in [-0.2, -0.15) is 23.1 Å². The number of aromatic nitrogens is 3. The Kier molecular flexibility index (Phi) is 5.84. The van der Waals surface area contributed by atoms with Crippen LogP contribution in [0.5, 0.6) is 6.01 Å². The number of pyridine rings is 1. The van der Waals surface area contributed by atoms with E-state index in [2.05, 4.69) is 20.3 Å². The fourth-order valence-corrected chi connectivity index (χ4v) is 8.29. The zero-order chi connectivity index (χ0) is 33.3. The van der Waals surface area contributed by atoms with Crippen LogP contribution in [0.1, 0.15) is 46.8 Å². The minimum absolute atomic E-state index is 0.0320.